The van der Waals surface area contributed by atoms with Crippen molar-refractivity contribution in [2.45, 2.75) is 13.8 Å². The summed E-state index contributed by atoms with van der Waals surface area (Å²) in [5.74, 6) is -3.29. The number of carboxylic acids is 1. The normalized spacial score (nSPS) is 10.8. The van der Waals surface area contributed by atoms with Gasteiger partial charge < -0.3 is 5.11 Å². The highest BCUT2D eigenvalue weighted by atomic mass is 19.2. The van der Waals surface area contributed by atoms with Gasteiger partial charge in [0.25, 0.3) is 0 Å². The minimum atomic E-state index is -1.18. The maximum absolute atomic E-state index is 13.1. The molecule has 17 heavy (non-hydrogen) atoms. The fourth-order valence-corrected chi connectivity index (χ4v) is 1.75. The first kappa shape index (κ1) is 11.4. The van der Waals surface area contributed by atoms with E-state index in [0.29, 0.717) is 11.3 Å². The molecule has 0 fully saturated rings. The highest BCUT2D eigenvalue weighted by Crippen LogP contribution is 2.25. The van der Waals surface area contributed by atoms with Crippen LogP contribution in [0.2, 0.25) is 0 Å². The minimum Gasteiger partial charge on any atom is -0.478 e. The van der Waals surface area contributed by atoms with E-state index < -0.39 is 17.6 Å². The Balaban J connectivity index is 2.98. The number of benzene rings is 1. The molecule has 0 saturated heterocycles. The Hall–Kier alpha value is -2.04. The lowest BCUT2D eigenvalue weighted by Gasteiger charge is -2.09. The second kappa shape index (κ2) is 3.76. The van der Waals surface area contributed by atoms with Crippen LogP contribution in [0.5, 0.6) is 0 Å². The molecule has 0 aliphatic carbocycles. The smallest absolute Gasteiger partial charge is 0.336 e. The molecule has 0 amide bonds. The van der Waals surface area contributed by atoms with E-state index in [2.05, 4.69) is 4.98 Å². The van der Waals surface area contributed by atoms with E-state index in [4.69, 9.17) is 5.11 Å². The van der Waals surface area contributed by atoms with E-state index in [0.717, 1.165) is 12.1 Å². The van der Waals surface area contributed by atoms with Crippen molar-refractivity contribution in [2.24, 2.45) is 0 Å². The van der Waals surface area contributed by atoms with Gasteiger partial charge in [0.2, 0.25) is 0 Å². The first-order valence-electron chi connectivity index (χ1n) is 4.91. The first-order valence-corrected chi connectivity index (χ1v) is 4.91. The Kier molecular flexibility index (Phi) is 2.53. The lowest BCUT2D eigenvalue weighted by molar-refractivity contribution is 0.0698. The lowest BCUT2D eigenvalue weighted by atomic mass is 10.0. The highest BCUT2D eigenvalue weighted by Gasteiger charge is 2.17. The molecular weight excluding hydrogens is 228 g/mol. The van der Waals surface area contributed by atoms with Crippen LogP contribution in [0.4, 0.5) is 8.78 Å². The summed E-state index contributed by atoms with van der Waals surface area (Å²) in [6, 6.07) is 1.77. The Bertz CT molecular complexity index is 633. The van der Waals surface area contributed by atoms with E-state index in [9.17, 15) is 13.6 Å². The average molecular weight is 237 g/mol. The molecule has 0 unspecified atom stereocenters. The van der Waals surface area contributed by atoms with Crippen LogP contribution >= 0.6 is 0 Å². The molecule has 3 nitrogen and oxygen atoms in total. The number of nitrogens with zero attached hydrogens (tertiary/aromatic N) is 1. The molecule has 1 N–H and O–H groups in total. The number of pyridine rings is 1. The standard InChI is InChI=1S/C12H9F2NO2/c1-5-6(2)15-10-4-9(14)8(13)3-7(10)11(5)12(16)17/h3-4H,1-2H3,(H,16,17). The van der Waals surface area contributed by atoms with Gasteiger partial charge in [-0.1, -0.05) is 0 Å². The molecule has 0 radical (unpaired) electrons. The van der Waals surface area contributed by atoms with Crippen LogP contribution in [0.3, 0.4) is 0 Å². The van der Waals surface area contributed by atoms with Gasteiger partial charge in [0.15, 0.2) is 11.6 Å². The maximum Gasteiger partial charge on any atom is 0.336 e. The van der Waals surface area contributed by atoms with E-state index in [1.807, 2.05) is 0 Å². The Morgan fingerprint density at radius 2 is 1.82 bits per heavy atom. The summed E-state index contributed by atoms with van der Waals surface area (Å²) in [7, 11) is 0. The maximum atomic E-state index is 13.1. The molecule has 5 heteroatoms. The van der Waals surface area contributed by atoms with Crippen LogP contribution < -0.4 is 0 Å². The molecule has 0 spiro atoms. The van der Waals surface area contributed by atoms with E-state index in [1.54, 1.807) is 13.8 Å². The summed E-state index contributed by atoms with van der Waals surface area (Å²) in [6.45, 7) is 3.22. The Labute approximate surface area is 95.7 Å². The molecule has 0 aliphatic heterocycles. The monoisotopic (exact) mass is 237 g/mol. The van der Waals surface area contributed by atoms with Gasteiger partial charge in [-0.05, 0) is 25.5 Å². The van der Waals surface area contributed by atoms with Crippen molar-refractivity contribution in [3.63, 3.8) is 0 Å². The Morgan fingerprint density at radius 3 is 2.41 bits per heavy atom. The summed E-state index contributed by atoms with van der Waals surface area (Å²) in [6.07, 6.45) is 0. The van der Waals surface area contributed by atoms with Crippen molar-refractivity contribution >= 4 is 16.9 Å². The van der Waals surface area contributed by atoms with Crippen LogP contribution in [-0.4, -0.2) is 16.1 Å². The SMILES string of the molecule is Cc1nc2cc(F)c(F)cc2c(C(=O)O)c1C. The van der Waals surface area contributed by atoms with Gasteiger partial charge in [0.05, 0.1) is 11.1 Å². The molecule has 1 aromatic carbocycles. The molecule has 2 aromatic rings. The second-order valence-electron chi connectivity index (χ2n) is 3.79. The van der Waals surface area contributed by atoms with Crippen molar-refractivity contribution in [1.29, 1.82) is 0 Å². The zero-order valence-electron chi connectivity index (χ0n) is 9.21. The molecule has 0 saturated carbocycles. The number of hydrogen-bond donors (Lipinski definition) is 1. The van der Waals surface area contributed by atoms with Crippen molar-refractivity contribution < 1.29 is 18.7 Å². The van der Waals surface area contributed by atoms with Gasteiger partial charge in [-0.3, -0.25) is 4.98 Å². The summed E-state index contributed by atoms with van der Waals surface area (Å²) in [5.41, 5.74) is 1.05. The van der Waals surface area contributed by atoms with Crippen LogP contribution in [0, 0.1) is 25.5 Å². The van der Waals surface area contributed by atoms with Gasteiger partial charge in [-0.15, -0.1) is 0 Å². The Morgan fingerprint density at radius 1 is 1.24 bits per heavy atom. The van der Waals surface area contributed by atoms with Crippen LogP contribution in [0.25, 0.3) is 10.9 Å². The summed E-state index contributed by atoms with van der Waals surface area (Å²) < 4.78 is 26.2. The number of hydrogen-bond acceptors (Lipinski definition) is 2. The second-order valence-corrected chi connectivity index (χ2v) is 3.79. The molecule has 1 heterocycles. The predicted octanol–water partition coefficient (Wildman–Crippen LogP) is 2.83. The zero-order valence-corrected chi connectivity index (χ0v) is 9.21. The average Bonchev–Trinajstić information content (AvgIpc) is 2.23. The number of carbonyl (C=O) groups is 1. The molecule has 0 atom stereocenters. The number of halogens is 2. The number of aromatic carboxylic acids is 1. The third-order valence-corrected chi connectivity index (χ3v) is 2.73. The number of aromatic nitrogens is 1. The fraction of sp³-hybridized carbons (Fsp3) is 0.167. The van der Waals surface area contributed by atoms with E-state index in [-0.39, 0.29) is 16.5 Å². The molecule has 0 bridgehead atoms. The predicted molar refractivity (Wildman–Crippen MR) is 58.1 cm³/mol. The van der Waals surface area contributed by atoms with Gasteiger partial charge in [-0.25, -0.2) is 13.6 Å². The molecular formula is C12H9F2NO2. The molecule has 2 rings (SSSR count). The van der Waals surface area contributed by atoms with Gasteiger partial charge in [0, 0.05) is 17.1 Å². The van der Waals surface area contributed by atoms with Crippen LogP contribution in [-0.2, 0) is 0 Å². The zero-order chi connectivity index (χ0) is 12.7. The van der Waals surface area contributed by atoms with Crippen molar-refractivity contribution in [3.8, 4) is 0 Å². The van der Waals surface area contributed by atoms with Crippen molar-refractivity contribution in [3.05, 3.63) is 40.6 Å². The van der Waals surface area contributed by atoms with Gasteiger partial charge in [0.1, 0.15) is 0 Å². The van der Waals surface area contributed by atoms with Crippen LogP contribution in [0.1, 0.15) is 21.6 Å². The number of rotatable bonds is 1. The van der Waals surface area contributed by atoms with E-state index >= 15 is 0 Å². The summed E-state index contributed by atoms with van der Waals surface area (Å²) >= 11 is 0. The number of fused-ring (bicyclic) bond motifs is 1. The quantitative estimate of drug-likeness (QED) is 0.829. The minimum absolute atomic E-state index is 0.0357. The van der Waals surface area contributed by atoms with Crippen molar-refractivity contribution in [2.75, 3.05) is 0 Å². The van der Waals surface area contributed by atoms with Crippen LogP contribution in [0.15, 0.2) is 12.1 Å². The summed E-state index contributed by atoms with van der Waals surface area (Å²) in [5, 5.41) is 9.21. The molecule has 88 valence electrons. The van der Waals surface area contributed by atoms with E-state index in [1.165, 1.54) is 0 Å². The topological polar surface area (TPSA) is 50.2 Å². The third kappa shape index (κ3) is 1.73. The van der Waals surface area contributed by atoms with Gasteiger partial charge >= 0.3 is 5.97 Å². The fourth-order valence-electron chi connectivity index (χ4n) is 1.75. The molecule has 0 aliphatic rings. The van der Waals surface area contributed by atoms with Gasteiger partial charge in [-0.2, -0.15) is 0 Å². The van der Waals surface area contributed by atoms with Crippen molar-refractivity contribution in [1.82, 2.24) is 4.98 Å². The molecule has 1 aromatic heterocycles. The number of aryl methyl sites for hydroxylation is 1. The summed E-state index contributed by atoms with van der Waals surface area (Å²) in [4.78, 5) is 15.2. The highest BCUT2D eigenvalue weighted by molar-refractivity contribution is 6.04. The first-order chi connectivity index (χ1) is 7.91. The largest absolute Gasteiger partial charge is 0.478 e. The number of carboxylic acid groups (broad SMARTS) is 1. The lowest BCUT2D eigenvalue weighted by Crippen LogP contribution is -2.05. The third-order valence-electron chi connectivity index (χ3n) is 2.73.